The lowest BCUT2D eigenvalue weighted by atomic mass is 9.30. The lowest BCUT2D eigenvalue weighted by molar-refractivity contribution is 0.488. The van der Waals surface area contributed by atoms with Crippen LogP contribution in [0.15, 0.2) is 309 Å². The summed E-state index contributed by atoms with van der Waals surface area (Å²) in [7, 11) is 0. The Bertz CT molecular complexity index is 5590. The summed E-state index contributed by atoms with van der Waals surface area (Å²) >= 11 is 0. The lowest BCUT2D eigenvalue weighted by Crippen LogP contribution is -2.64. The molecule has 0 saturated heterocycles. The Morgan fingerprint density at radius 3 is 1.25 bits per heavy atom. The van der Waals surface area contributed by atoms with Gasteiger partial charge in [-0.25, -0.2) is 0 Å². The molecule has 1 spiro atoms. The molecule has 20 rings (SSSR count). The van der Waals surface area contributed by atoms with E-state index in [4.69, 9.17) is 4.74 Å². The highest BCUT2D eigenvalue weighted by Crippen LogP contribution is 2.65. The summed E-state index contributed by atoms with van der Waals surface area (Å²) in [6.07, 6.45) is 0. The standard InChI is InChI=1S/C93H69B2N3O/c1-91(2,3)61-52-70(58-30-11-7-12-31-58)90(71(53-61)59-32-13-8-14-33-59)98-80-49-28-26-47-76(80)95-78-56-77-81(97(64-36-17-10-18-37-64)84-55-62(92(4,5)6)54-83-88(84)94(77)75-46-25-27-48-79(75)96(83)63-34-15-9-16-35-63)57-85(78)99-86-51-60(50-82(98)89(86)95)65-41-29-42-69-68-40-21-24-45-74(68)93(87(65)69)72-43-22-19-38-66(72)67-39-20-23-44-73(67)93/h7-57H,1-6H3. The van der Waals surface area contributed by atoms with Crippen LogP contribution in [0.1, 0.15) is 74.9 Å². The van der Waals surface area contributed by atoms with Gasteiger partial charge < -0.3 is 19.4 Å². The number of benzene rings is 14. The fourth-order valence-electron chi connectivity index (χ4n) is 18.1. The van der Waals surface area contributed by atoms with Crippen LogP contribution in [0.4, 0.5) is 51.2 Å². The molecule has 0 radical (unpaired) electrons. The molecule has 0 atom stereocenters. The van der Waals surface area contributed by atoms with E-state index in [1.807, 2.05) is 0 Å². The fraction of sp³-hybridized carbons (Fsp3) is 0.0968. The molecule has 0 bridgehead atoms. The van der Waals surface area contributed by atoms with Gasteiger partial charge in [-0.15, -0.1) is 0 Å². The van der Waals surface area contributed by atoms with Gasteiger partial charge in [0.15, 0.2) is 0 Å². The maximum atomic E-state index is 8.10. The number of fused-ring (bicyclic) bond motifs is 18. The van der Waals surface area contributed by atoms with Crippen molar-refractivity contribution in [3.63, 3.8) is 0 Å². The highest BCUT2D eigenvalue weighted by Gasteiger charge is 2.54. The van der Waals surface area contributed by atoms with E-state index in [9.17, 15) is 0 Å². The number of rotatable bonds is 6. The Morgan fingerprint density at radius 1 is 0.283 bits per heavy atom. The van der Waals surface area contributed by atoms with E-state index in [-0.39, 0.29) is 24.3 Å². The van der Waals surface area contributed by atoms with E-state index in [2.05, 4.69) is 366 Å². The molecule has 468 valence electrons. The molecule has 0 unspecified atom stereocenters. The average Bonchev–Trinajstić information content (AvgIpc) is 1.65. The van der Waals surface area contributed by atoms with E-state index in [0.29, 0.717) is 0 Å². The largest absolute Gasteiger partial charge is 0.458 e. The van der Waals surface area contributed by atoms with Gasteiger partial charge in [0.05, 0.1) is 11.1 Å². The van der Waals surface area contributed by atoms with Gasteiger partial charge in [-0.3, -0.25) is 0 Å². The number of ether oxygens (including phenoxy) is 1. The number of anilines is 9. The third kappa shape index (κ3) is 8.24. The summed E-state index contributed by atoms with van der Waals surface area (Å²) in [5, 5.41) is 0. The first-order chi connectivity index (χ1) is 48.4. The van der Waals surface area contributed by atoms with Gasteiger partial charge in [0.1, 0.15) is 11.5 Å². The predicted molar refractivity (Wildman–Crippen MR) is 416 cm³/mol. The van der Waals surface area contributed by atoms with Crippen molar-refractivity contribution >= 4 is 97.4 Å². The first-order valence-corrected chi connectivity index (χ1v) is 35.0. The van der Waals surface area contributed by atoms with Gasteiger partial charge in [0.25, 0.3) is 13.4 Å². The van der Waals surface area contributed by atoms with Crippen molar-refractivity contribution in [1.82, 2.24) is 0 Å². The summed E-state index contributed by atoms with van der Waals surface area (Å²) in [6, 6.07) is 117. The fourth-order valence-corrected chi connectivity index (χ4v) is 18.1. The van der Waals surface area contributed by atoms with Crippen molar-refractivity contribution in [2.24, 2.45) is 0 Å². The minimum Gasteiger partial charge on any atom is -0.458 e. The molecule has 2 aliphatic carbocycles. The summed E-state index contributed by atoms with van der Waals surface area (Å²) in [6.45, 7) is 13.7. The monoisotopic (exact) mass is 1270 g/mol. The van der Waals surface area contributed by atoms with Crippen molar-refractivity contribution in [2.45, 2.75) is 57.8 Å². The Kier molecular flexibility index (Phi) is 12.3. The quantitative estimate of drug-likeness (QED) is 0.154. The maximum absolute atomic E-state index is 8.10. The van der Waals surface area contributed by atoms with Crippen LogP contribution >= 0.6 is 0 Å². The van der Waals surface area contributed by atoms with Crippen molar-refractivity contribution in [3.8, 4) is 67.1 Å². The molecule has 14 aromatic carbocycles. The molecule has 0 aromatic heterocycles. The Labute approximate surface area is 580 Å². The summed E-state index contributed by atoms with van der Waals surface area (Å²) in [4.78, 5) is 7.72. The first kappa shape index (κ1) is 57.6. The van der Waals surface area contributed by atoms with Crippen LogP contribution in [-0.4, -0.2) is 13.4 Å². The van der Waals surface area contributed by atoms with Crippen molar-refractivity contribution in [3.05, 3.63) is 343 Å². The van der Waals surface area contributed by atoms with Gasteiger partial charge in [-0.2, -0.15) is 0 Å². The van der Waals surface area contributed by atoms with Crippen LogP contribution in [0.3, 0.4) is 0 Å². The molecule has 4 heterocycles. The zero-order valence-electron chi connectivity index (χ0n) is 56.3. The zero-order valence-corrected chi connectivity index (χ0v) is 56.3. The number of nitrogens with zero attached hydrogens (tertiary/aromatic N) is 3. The molecular formula is C93H69B2N3O. The molecule has 4 nitrogen and oxygen atoms in total. The average molecular weight is 1270 g/mol. The Balaban J connectivity index is 0.901. The third-order valence-corrected chi connectivity index (χ3v) is 22.4. The first-order valence-electron chi connectivity index (χ1n) is 35.0. The smallest absolute Gasteiger partial charge is 0.256 e. The second kappa shape index (κ2) is 21.2. The molecule has 0 N–H and O–H groups in total. The molecule has 0 saturated carbocycles. The van der Waals surface area contributed by atoms with E-state index in [1.54, 1.807) is 0 Å². The van der Waals surface area contributed by atoms with Crippen LogP contribution in [0, 0.1) is 0 Å². The second-order valence-electron chi connectivity index (χ2n) is 29.8. The molecule has 0 amide bonds. The van der Waals surface area contributed by atoms with E-state index < -0.39 is 5.41 Å². The normalized spacial score (nSPS) is 14.2. The second-order valence-corrected chi connectivity index (χ2v) is 29.8. The lowest BCUT2D eigenvalue weighted by Gasteiger charge is -2.46. The Morgan fingerprint density at radius 2 is 0.707 bits per heavy atom. The van der Waals surface area contributed by atoms with Gasteiger partial charge in [-0.1, -0.05) is 272 Å². The minimum absolute atomic E-state index is 0.121. The Hall–Kier alpha value is -11.6. The number of hydrogen-bond acceptors (Lipinski definition) is 4. The van der Waals surface area contributed by atoms with Crippen LogP contribution in [-0.2, 0) is 16.2 Å². The van der Waals surface area contributed by atoms with Crippen LogP contribution in [0.2, 0.25) is 0 Å². The number of para-hydroxylation sites is 4. The van der Waals surface area contributed by atoms with Crippen LogP contribution in [0.25, 0.3) is 55.6 Å². The minimum atomic E-state index is -0.603. The van der Waals surface area contributed by atoms with Gasteiger partial charge >= 0.3 is 0 Å². The zero-order chi connectivity index (χ0) is 66.2. The number of hydrogen-bond donors (Lipinski definition) is 0. The molecule has 4 aliphatic heterocycles. The molecule has 14 aromatic rings. The van der Waals surface area contributed by atoms with Crippen molar-refractivity contribution in [1.29, 1.82) is 0 Å². The van der Waals surface area contributed by atoms with E-state index >= 15 is 0 Å². The highest BCUT2D eigenvalue weighted by atomic mass is 16.5. The maximum Gasteiger partial charge on any atom is 0.256 e. The van der Waals surface area contributed by atoms with E-state index in [0.717, 1.165) is 73.2 Å². The molecular weight excluding hydrogens is 1200 g/mol. The van der Waals surface area contributed by atoms with E-state index in [1.165, 1.54) is 111 Å². The summed E-state index contributed by atoms with van der Waals surface area (Å²) in [5.41, 5.74) is 36.4. The van der Waals surface area contributed by atoms with Gasteiger partial charge in [0.2, 0.25) is 0 Å². The molecule has 6 aliphatic rings. The summed E-state index contributed by atoms with van der Waals surface area (Å²) < 4.78 is 8.10. The van der Waals surface area contributed by atoms with Crippen LogP contribution < -0.4 is 52.2 Å². The van der Waals surface area contributed by atoms with Crippen molar-refractivity contribution in [2.75, 3.05) is 14.7 Å². The van der Waals surface area contributed by atoms with Gasteiger partial charge in [-0.05, 0) is 194 Å². The summed E-state index contributed by atoms with van der Waals surface area (Å²) in [5.74, 6) is 1.71. The molecule has 0 fully saturated rings. The van der Waals surface area contributed by atoms with Gasteiger partial charge in [0, 0.05) is 62.7 Å². The third-order valence-electron chi connectivity index (χ3n) is 22.4. The molecule has 99 heavy (non-hydrogen) atoms. The SMILES string of the molecule is CC(C)(C)c1cc(-c2ccccc2)c(N2c3ccccc3B3c4cc5c(cc4Oc4cc(-c6cccc7c6C6(c8ccccc8-c8ccccc86)c6ccccc6-7)cc2c43)N(c2ccccc2)c2cc(C(C)(C)C)cc3c2B5c2ccccc2N3c2ccccc2)c(-c2ccccc2)c1. The highest BCUT2D eigenvalue weighted by molar-refractivity contribution is 7.02. The van der Waals surface area contributed by atoms with Crippen molar-refractivity contribution < 1.29 is 4.74 Å². The molecule has 6 heteroatoms. The predicted octanol–water partition coefficient (Wildman–Crippen LogP) is 20.1. The van der Waals surface area contributed by atoms with Crippen LogP contribution in [0.5, 0.6) is 11.5 Å². The topological polar surface area (TPSA) is 19.0 Å².